The van der Waals surface area contributed by atoms with Crippen LogP contribution in [0.2, 0.25) is 0 Å². The van der Waals surface area contributed by atoms with Gasteiger partial charge in [-0.05, 0) is 38.0 Å². The van der Waals surface area contributed by atoms with Gasteiger partial charge in [0, 0.05) is 0 Å². The third-order valence-corrected chi connectivity index (χ3v) is 4.44. The molecule has 0 heteroatoms. The molecule has 0 radical (unpaired) electrons. The second-order valence-corrected chi connectivity index (χ2v) is 6.71. The van der Waals surface area contributed by atoms with Gasteiger partial charge in [-0.25, -0.2) is 0 Å². The van der Waals surface area contributed by atoms with Gasteiger partial charge in [-0.3, -0.25) is 0 Å². The Labute approximate surface area is 115 Å². The zero-order valence-electron chi connectivity index (χ0n) is 12.9. The van der Waals surface area contributed by atoms with E-state index < -0.39 is 0 Å². The van der Waals surface area contributed by atoms with E-state index >= 15 is 0 Å². The van der Waals surface area contributed by atoms with Crippen LogP contribution in [-0.4, -0.2) is 0 Å². The van der Waals surface area contributed by atoms with Crippen molar-refractivity contribution in [2.45, 2.75) is 97.3 Å². The molecule has 0 aliphatic heterocycles. The molecule has 0 bridgehead atoms. The Bertz CT molecular complexity index is 222. The van der Waals surface area contributed by atoms with E-state index in [0.717, 1.165) is 0 Å². The first-order valence-corrected chi connectivity index (χ1v) is 8.33. The summed E-state index contributed by atoms with van der Waals surface area (Å²) in [7, 11) is 0. The first-order chi connectivity index (χ1) is 8.68. The summed E-state index contributed by atoms with van der Waals surface area (Å²) in [6.07, 6.45) is 18.8. The fraction of sp³-hybridized carbons (Fsp3) is 0.889. The Morgan fingerprint density at radius 3 is 1.83 bits per heavy atom. The molecule has 0 heterocycles. The zero-order valence-corrected chi connectivity index (χ0v) is 12.9. The highest BCUT2D eigenvalue weighted by molar-refractivity contribution is 5.03. The molecule has 0 unspecified atom stereocenters. The van der Waals surface area contributed by atoms with Crippen LogP contribution >= 0.6 is 0 Å². The molecule has 1 aliphatic carbocycles. The van der Waals surface area contributed by atoms with Crippen molar-refractivity contribution < 1.29 is 0 Å². The van der Waals surface area contributed by atoms with Crippen LogP contribution in [0.25, 0.3) is 0 Å². The maximum Gasteiger partial charge on any atom is -0.0260 e. The van der Waals surface area contributed by atoms with E-state index in [0.29, 0.717) is 5.41 Å². The fourth-order valence-electron chi connectivity index (χ4n) is 3.14. The van der Waals surface area contributed by atoms with Crippen LogP contribution in [0.1, 0.15) is 97.3 Å². The van der Waals surface area contributed by atoms with E-state index in [2.05, 4.69) is 20.4 Å². The maximum atomic E-state index is 4.07. The molecule has 0 atom stereocenters. The summed E-state index contributed by atoms with van der Waals surface area (Å²) >= 11 is 0. The van der Waals surface area contributed by atoms with Gasteiger partial charge in [-0.15, -0.1) is 6.58 Å². The minimum atomic E-state index is 0.715. The van der Waals surface area contributed by atoms with Crippen LogP contribution in [0, 0.1) is 5.41 Å². The Hall–Kier alpha value is -0.260. The molecule has 1 aliphatic rings. The van der Waals surface area contributed by atoms with Gasteiger partial charge in [0.25, 0.3) is 0 Å². The summed E-state index contributed by atoms with van der Waals surface area (Å²) in [5.74, 6) is 0. The van der Waals surface area contributed by atoms with Gasteiger partial charge in [-0.2, -0.15) is 0 Å². The van der Waals surface area contributed by atoms with Crippen molar-refractivity contribution in [3.8, 4) is 0 Å². The smallest absolute Gasteiger partial charge is 0.0260 e. The van der Waals surface area contributed by atoms with Crippen LogP contribution in [0.15, 0.2) is 12.2 Å². The second-order valence-electron chi connectivity index (χ2n) is 6.71. The van der Waals surface area contributed by atoms with Crippen LogP contribution in [0.4, 0.5) is 0 Å². The van der Waals surface area contributed by atoms with E-state index in [1.54, 1.807) is 0 Å². The normalized spacial score (nSPS) is 16.8. The van der Waals surface area contributed by atoms with Crippen LogP contribution < -0.4 is 0 Å². The molecule has 1 rings (SSSR count). The lowest BCUT2D eigenvalue weighted by Crippen LogP contribution is -2.00. The Balaban J connectivity index is 1.85. The molecule has 0 aromatic heterocycles. The predicted octanol–water partition coefficient (Wildman–Crippen LogP) is 6.65. The number of rotatable bonds is 12. The Morgan fingerprint density at radius 2 is 1.39 bits per heavy atom. The zero-order chi connectivity index (χ0) is 13.3. The lowest BCUT2D eigenvalue weighted by atomic mass is 9.91. The minimum Gasteiger partial charge on any atom is -0.100 e. The van der Waals surface area contributed by atoms with Crippen molar-refractivity contribution in [1.82, 2.24) is 0 Å². The largest absolute Gasteiger partial charge is 0.100 e. The van der Waals surface area contributed by atoms with Crippen molar-refractivity contribution >= 4 is 0 Å². The molecule has 106 valence electrons. The molecule has 1 fully saturated rings. The third kappa shape index (κ3) is 7.24. The van der Waals surface area contributed by atoms with Gasteiger partial charge < -0.3 is 0 Å². The predicted molar refractivity (Wildman–Crippen MR) is 82.9 cm³/mol. The van der Waals surface area contributed by atoms with Crippen molar-refractivity contribution in [2.24, 2.45) is 5.41 Å². The highest BCUT2D eigenvalue weighted by Crippen LogP contribution is 2.54. The lowest BCUT2D eigenvalue weighted by Gasteiger charge is -2.14. The third-order valence-electron chi connectivity index (χ3n) is 4.44. The summed E-state index contributed by atoms with van der Waals surface area (Å²) in [5.41, 5.74) is 2.11. The molecule has 18 heavy (non-hydrogen) atoms. The van der Waals surface area contributed by atoms with Crippen molar-refractivity contribution in [3.05, 3.63) is 12.2 Å². The standard InChI is InChI=1S/C18H34/c1-4-5-6-7-8-9-10-11-12-13-18(14-15-18)16-17(2)3/h2,4-16H2,1,3H3. The number of hydrogen-bond acceptors (Lipinski definition) is 0. The van der Waals surface area contributed by atoms with E-state index in [1.165, 1.54) is 89.0 Å². The molecule has 1 saturated carbocycles. The average Bonchev–Trinajstić information content (AvgIpc) is 3.06. The van der Waals surface area contributed by atoms with E-state index in [9.17, 15) is 0 Å². The van der Waals surface area contributed by atoms with Crippen molar-refractivity contribution in [3.63, 3.8) is 0 Å². The monoisotopic (exact) mass is 250 g/mol. The molecule has 0 spiro atoms. The first kappa shape index (κ1) is 15.8. The molecular formula is C18H34. The first-order valence-electron chi connectivity index (χ1n) is 8.33. The molecule has 0 aromatic carbocycles. The van der Waals surface area contributed by atoms with Gasteiger partial charge in [0.1, 0.15) is 0 Å². The molecule has 0 amide bonds. The fourth-order valence-corrected chi connectivity index (χ4v) is 3.14. The van der Waals surface area contributed by atoms with Crippen LogP contribution in [0.5, 0.6) is 0 Å². The average molecular weight is 250 g/mol. The highest BCUT2D eigenvalue weighted by Gasteiger charge is 2.41. The molecule has 0 saturated heterocycles. The Morgan fingerprint density at radius 1 is 0.889 bits per heavy atom. The molecule has 0 N–H and O–H groups in total. The quantitative estimate of drug-likeness (QED) is 0.268. The topological polar surface area (TPSA) is 0 Å². The highest BCUT2D eigenvalue weighted by atomic mass is 14.5. The SMILES string of the molecule is C=C(C)CC1(CCCCCCCCCCC)CC1. The molecule has 0 nitrogen and oxygen atoms in total. The number of hydrogen-bond donors (Lipinski definition) is 0. The van der Waals surface area contributed by atoms with E-state index in [4.69, 9.17) is 0 Å². The van der Waals surface area contributed by atoms with Crippen LogP contribution in [-0.2, 0) is 0 Å². The summed E-state index contributed by atoms with van der Waals surface area (Å²) in [4.78, 5) is 0. The van der Waals surface area contributed by atoms with Crippen molar-refractivity contribution in [2.75, 3.05) is 0 Å². The molecule has 0 aromatic rings. The van der Waals surface area contributed by atoms with Gasteiger partial charge in [0.15, 0.2) is 0 Å². The van der Waals surface area contributed by atoms with Crippen LogP contribution in [0.3, 0.4) is 0 Å². The summed E-state index contributed by atoms with van der Waals surface area (Å²) in [5, 5.41) is 0. The van der Waals surface area contributed by atoms with Gasteiger partial charge in [0.05, 0.1) is 0 Å². The van der Waals surface area contributed by atoms with Gasteiger partial charge >= 0.3 is 0 Å². The van der Waals surface area contributed by atoms with E-state index in [-0.39, 0.29) is 0 Å². The van der Waals surface area contributed by atoms with Gasteiger partial charge in [-0.1, -0.05) is 70.3 Å². The summed E-state index contributed by atoms with van der Waals surface area (Å²) < 4.78 is 0. The molecular weight excluding hydrogens is 216 g/mol. The summed E-state index contributed by atoms with van der Waals surface area (Å²) in [6, 6.07) is 0. The minimum absolute atomic E-state index is 0.715. The van der Waals surface area contributed by atoms with Gasteiger partial charge in [0.2, 0.25) is 0 Å². The number of allylic oxidation sites excluding steroid dienone is 1. The Kier molecular flexibility index (Phi) is 7.70. The van der Waals surface area contributed by atoms with E-state index in [1.807, 2.05) is 0 Å². The second kappa shape index (κ2) is 8.77. The number of unbranched alkanes of at least 4 members (excludes halogenated alkanes) is 8. The maximum absolute atomic E-state index is 4.07. The summed E-state index contributed by atoms with van der Waals surface area (Å²) in [6.45, 7) is 8.55. The van der Waals surface area contributed by atoms with Crippen molar-refractivity contribution in [1.29, 1.82) is 0 Å². The lowest BCUT2D eigenvalue weighted by molar-refractivity contribution is 0.427.